The maximum Gasteiger partial charge on any atom is 0.414 e. The first-order chi connectivity index (χ1) is 16.9. The van der Waals surface area contributed by atoms with Crippen LogP contribution in [0.5, 0.6) is 0 Å². The summed E-state index contributed by atoms with van der Waals surface area (Å²) in [4.78, 5) is 44.9. The summed E-state index contributed by atoms with van der Waals surface area (Å²) in [7, 11) is 5.54. The quantitative estimate of drug-likeness (QED) is 0.589. The van der Waals surface area contributed by atoms with Crippen molar-refractivity contribution in [2.75, 3.05) is 44.0 Å². The van der Waals surface area contributed by atoms with Crippen LogP contribution in [0.1, 0.15) is 38.1 Å². The van der Waals surface area contributed by atoms with E-state index in [2.05, 4.69) is 6.58 Å². The summed E-state index contributed by atoms with van der Waals surface area (Å²) in [5, 5.41) is 0. The van der Waals surface area contributed by atoms with Gasteiger partial charge >= 0.3 is 6.09 Å². The van der Waals surface area contributed by atoms with Crippen molar-refractivity contribution in [3.63, 3.8) is 0 Å². The fraction of sp³-hybridized carbons (Fsp3) is 0.393. The van der Waals surface area contributed by atoms with Gasteiger partial charge in [0.15, 0.2) is 0 Å². The highest BCUT2D eigenvalue weighted by Gasteiger charge is 2.34. The molecule has 0 radical (unpaired) electrons. The summed E-state index contributed by atoms with van der Waals surface area (Å²) in [6.07, 6.45) is -0.704. The third-order valence-electron chi connectivity index (χ3n) is 6.17. The van der Waals surface area contributed by atoms with Crippen molar-refractivity contribution in [2.24, 2.45) is 0 Å². The van der Waals surface area contributed by atoms with Crippen LogP contribution in [0.3, 0.4) is 0 Å². The zero-order chi connectivity index (χ0) is 26.7. The number of carbonyl (C=O) groups is 3. The second kappa shape index (κ2) is 10.8. The van der Waals surface area contributed by atoms with Gasteiger partial charge in [-0.15, -0.1) is 0 Å². The number of rotatable bonds is 6. The second-order valence-electron chi connectivity index (χ2n) is 9.68. The van der Waals surface area contributed by atoms with Crippen molar-refractivity contribution < 1.29 is 19.1 Å². The number of fused-ring (bicyclic) bond motifs is 1. The number of ether oxygens (including phenoxy) is 1. The minimum absolute atomic E-state index is 0.0858. The van der Waals surface area contributed by atoms with Crippen LogP contribution < -0.4 is 9.80 Å². The predicted molar refractivity (Wildman–Crippen MR) is 143 cm³/mol. The zero-order valence-corrected chi connectivity index (χ0v) is 22.2. The normalized spacial score (nSPS) is 14.8. The Bertz CT molecular complexity index is 1160. The lowest BCUT2D eigenvalue weighted by Crippen LogP contribution is -2.51. The molecule has 0 bridgehead atoms. The fourth-order valence-corrected chi connectivity index (χ4v) is 4.24. The molecule has 192 valence electrons. The monoisotopic (exact) mass is 492 g/mol. The predicted octanol–water partition coefficient (Wildman–Crippen LogP) is 4.61. The molecule has 0 aliphatic carbocycles. The Hall–Kier alpha value is -3.81. The van der Waals surface area contributed by atoms with Crippen molar-refractivity contribution in [3.8, 4) is 11.1 Å². The van der Waals surface area contributed by atoms with E-state index >= 15 is 0 Å². The average molecular weight is 493 g/mol. The molecule has 1 aliphatic rings. The van der Waals surface area contributed by atoms with E-state index in [9.17, 15) is 14.4 Å². The third kappa shape index (κ3) is 5.70. The van der Waals surface area contributed by atoms with Crippen molar-refractivity contribution in [1.29, 1.82) is 0 Å². The zero-order valence-electron chi connectivity index (χ0n) is 22.2. The molecule has 1 heterocycles. The van der Waals surface area contributed by atoms with E-state index in [0.29, 0.717) is 30.0 Å². The summed E-state index contributed by atoms with van der Waals surface area (Å²) < 4.78 is 5.47. The van der Waals surface area contributed by atoms with Gasteiger partial charge in [0.25, 0.3) is 5.91 Å². The van der Waals surface area contributed by atoms with Crippen LogP contribution in [0.15, 0.2) is 54.7 Å². The fourth-order valence-electron chi connectivity index (χ4n) is 4.24. The van der Waals surface area contributed by atoms with Gasteiger partial charge < -0.3 is 19.4 Å². The first-order valence-electron chi connectivity index (χ1n) is 12.0. The van der Waals surface area contributed by atoms with E-state index in [0.717, 1.165) is 16.8 Å². The minimum Gasteiger partial charge on any atom is -0.446 e. The molecule has 2 aromatic carbocycles. The highest BCUT2D eigenvalue weighted by molar-refractivity contribution is 6.03. The highest BCUT2D eigenvalue weighted by Crippen LogP contribution is 2.39. The maximum absolute atomic E-state index is 12.9. The number of likely N-dealkylation sites (N-methyl/N-ethyl adjacent to an activating group) is 2. The largest absolute Gasteiger partial charge is 0.446 e. The Morgan fingerprint density at radius 3 is 2.19 bits per heavy atom. The Morgan fingerprint density at radius 2 is 1.64 bits per heavy atom. The number of anilines is 2. The molecule has 0 saturated carbocycles. The molecule has 2 aromatic rings. The van der Waals surface area contributed by atoms with Gasteiger partial charge in [-0.3, -0.25) is 14.5 Å². The van der Waals surface area contributed by atoms with Crippen molar-refractivity contribution in [1.82, 2.24) is 9.80 Å². The van der Waals surface area contributed by atoms with Gasteiger partial charge in [-0.25, -0.2) is 4.79 Å². The molecule has 1 aliphatic heterocycles. The van der Waals surface area contributed by atoms with Crippen LogP contribution >= 0.6 is 0 Å². The van der Waals surface area contributed by atoms with Gasteiger partial charge in [-0.05, 0) is 56.2 Å². The molecule has 8 heteroatoms. The Labute approximate surface area is 213 Å². The van der Waals surface area contributed by atoms with Gasteiger partial charge in [0.2, 0.25) is 5.91 Å². The van der Waals surface area contributed by atoms with Crippen molar-refractivity contribution in [2.45, 2.75) is 39.8 Å². The maximum atomic E-state index is 12.9. The molecule has 1 atom stereocenters. The van der Waals surface area contributed by atoms with Crippen molar-refractivity contribution in [3.05, 3.63) is 60.3 Å². The highest BCUT2D eigenvalue weighted by atomic mass is 16.6. The van der Waals surface area contributed by atoms with Crippen LogP contribution in [0.25, 0.3) is 11.1 Å². The van der Waals surface area contributed by atoms with Gasteiger partial charge in [0.05, 0.1) is 30.1 Å². The Morgan fingerprint density at radius 1 is 1.03 bits per heavy atom. The van der Waals surface area contributed by atoms with Gasteiger partial charge in [0.1, 0.15) is 0 Å². The Balaban J connectivity index is 1.92. The van der Waals surface area contributed by atoms with E-state index in [4.69, 9.17) is 4.74 Å². The first kappa shape index (κ1) is 26.8. The van der Waals surface area contributed by atoms with E-state index in [1.54, 1.807) is 47.7 Å². The number of nitrogens with zero attached hydrogens (tertiary/aromatic N) is 4. The second-order valence-corrected chi connectivity index (χ2v) is 9.68. The van der Waals surface area contributed by atoms with Crippen molar-refractivity contribution >= 4 is 29.3 Å². The minimum atomic E-state index is -0.443. The molecule has 3 rings (SSSR count). The smallest absolute Gasteiger partial charge is 0.414 e. The van der Waals surface area contributed by atoms with E-state index in [1.165, 1.54) is 6.92 Å². The first-order valence-corrected chi connectivity index (χ1v) is 12.0. The Kier molecular flexibility index (Phi) is 8.07. The van der Waals surface area contributed by atoms with Gasteiger partial charge in [-0.1, -0.05) is 24.8 Å². The summed E-state index contributed by atoms with van der Waals surface area (Å²) in [6, 6.07) is 12.8. The van der Waals surface area contributed by atoms with Crippen LogP contribution in [0.4, 0.5) is 16.2 Å². The lowest BCUT2D eigenvalue weighted by atomic mass is 9.99. The molecule has 0 saturated heterocycles. The molecule has 0 N–H and O–H groups in total. The van der Waals surface area contributed by atoms with Gasteiger partial charge in [-0.2, -0.15) is 0 Å². The van der Waals surface area contributed by atoms with Gasteiger partial charge in [0, 0.05) is 45.9 Å². The summed E-state index contributed by atoms with van der Waals surface area (Å²) in [5.74, 6) is -0.180. The topological polar surface area (TPSA) is 73.4 Å². The number of hydrogen-bond donors (Lipinski definition) is 0. The third-order valence-corrected chi connectivity index (χ3v) is 6.17. The molecular formula is C28H36N4O4. The SMILES string of the molecule is C=C(CN(C)C(=O)c1ccc(-c2ccc3c(c2)N(C(=O)OC(C)C)C[C@H](C)N3C(C)=O)cc1)N(C)C. The number of carbonyl (C=O) groups excluding carboxylic acids is 3. The molecular weight excluding hydrogens is 456 g/mol. The summed E-state index contributed by atoms with van der Waals surface area (Å²) in [6.45, 7) is 11.8. The molecule has 0 unspecified atom stereocenters. The van der Waals surface area contributed by atoms with Crippen LogP contribution in [0, 0.1) is 0 Å². The average Bonchev–Trinajstić information content (AvgIpc) is 2.81. The van der Waals surface area contributed by atoms with E-state index in [1.807, 2.05) is 56.3 Å². The number of amides is 3. The van der Waals surface area contributed by atoms with Crippen LogP contribution in [-0.2, 0) is 9.53 Å². The lowest BCUT2D eigenvalue weighted by Gasteiger charge is -2.40. The standard InChI is InChI=1S/C28H36N4O4/c1-18(2)36-28(35)31-17-20(4)32(21(5)33)25-14-13-24(15-26(25)31)22-9-11-23(12-10-22)27(34)30(8)16-19(3)29(6)7/h9-15,18,20H,3,16-17H2,1-2,4-8H3/t20-/m0/s1. The van der Waals surface area contributed by atoms with E-state index in [-0.39, 0.29) is 24.0 Å². The molecule has 0 fully saturated rings. The molecule has 0 aromatic heterocycles. The van der Waals surface area contributed by atoms with Crippen LogP contribution in [0.2, 0.25) is 0 Å². The number of hydrogen-bond acceptors (Lipinski definition) is 5. The summed E-state index contributed by atoms with van der Waals surface area (Å²) in [5.41, 5.74) is 4.45. The lowest BCUT2D eigenvalue weighted by molar-refractivity contribution is -0.117. The number of benzene rings is 2. The van der Waals surface area contributed by atoms with E-state index < -0.39 is 6.09 Å². The molecule has 0 spiro atoms. The summed E-state index contributed by atoms with van der Waals surface area (Å²) >= 11 is 0. The molecule has 3 amide bonds. The molecule has 36 heavy (non-hydrogen) atoms. The van der Waals surface area contributed by atoms with Crippen LogP contribution in [-0.4, -0.2) is 74.1 Å². The molecule has 8 nitrogen and oxygen atoms in total.